The third-order valence-electron chi connectivity index (χ3n) is 3.30. The fourth-order valence-corrected chi connectivity index (χ4v) is 2.24. The molecule has 0 atom stereocenters. The van der Waals surface area contributed by atoms with Gasteiger partial charge in [-0.05, 0) is 13.0 Å². The molecular formula is C15H29NO4. The van der Waals surface area contributed by atoms with E-state index in [1.165, 1.54) is 43.4 Å². The Morgan fingerprint density at radius 1 is 0.750 bits per heavy atom. The number of carboxylic acids is 2. The molecule has 118 valence electrons. The van der Waals surface area contributed by atoms with Crippen molar-refractivity contribution in [3.63, 3.8) is 0 Å². The Bertz CT molecular complexity index is 253. The fourth-order valence-electron chi connectivity index (χ4n) is 2.24. The van der Waals surface area contributed by atoms with Gasteiger partial charge in [-0.2, -0.15) is 0 Å². The van der Waals surface area contributed by atoms with E-state index in [2.05, 4.69) is 6.92 Å². The lowest BCUT2D eigenvalue weighted by atomic mass is 10.1. The van der Waals surface area contributed by atoms with Crippen molar-refractivity contribution < 1.29 is 19.8 Å². The minimum atomic E-state index is -0.970. The maximum atomic E-state index is 10.6. The highest BCUT2D eigenvalue weighted by Gasteiger charge is 2.12. The molecule has 2 N–H and O–H groups in total. The lowest BCUT2D eigenvalue weighted by molar-refractivity contribution is -0.141. The summed E-state index contributed by atoms with van der Waals surface area (Å²) in [6.07, 6.45) is 10.8. The monoisotopic (exact) mass is 287 g/mol. The van der Waals surface area contributed by atoms with Gasteiger partial charge in [0.15, 0.2) is 0 Å². The highest BCUT2D eigenvalue weighted by atomic mass is 16.4. The van der Waals surface area contributed by atoms with Crippen LogP contribution in [0.25, 0.3) is 0 Å². The summed E-state index contributed by atoms with van der Waals surface area (Å²) >= 11 is 0. The van der Waals surface area contributed by atoms with Gasteiger partial charge in [0.1, 0.15) is 0 Å². The Morgan fingerprint density at radius 3 is 1.55 bits per heavy atom. The van der Waals surface area contributed by atoms with Gasteiger partial charge in [0.2, 0.25) is 0 Å². The van der Waals surface area contributed by atoms with Crippen molar-refractivity contribution in [2.45, 2.75) is 64.7 Å². The summed E-state index contributed by atoms with van der Waals surface area (Å²) in [5.41, 5.74) is 0. The number of carboxylic acid groups (broad SMARTS) is 2. The first kappa shape index (κ1) is 18.9. The quantitative estimate of drug-likeness (QED) is 0.480. The summed E-state index contributed by atoms with van der Waals surface area (Å²) < 4.78 is 0. The van der Waals surface area contributed by atoms with Crippen LogP contribution in [0.1, 0.15) is 64.7 Å². The number of nitrogens with zero attached hydrogens (tertiary/aromatic N) is 1. The van der Waals surface area contributed by atoms with E-state index in [0.717, 1.165) is 19.3 Å². The van der Waals surface area contributed by atoms with Crippen LogP contribution in [-0.2, 0) is 9.59 Å². The average molecular weight is 287 g/mol. The predicted octanol–water partition coefficient (Wildman–Crippen LogP) is 2.99. The van der Waals surface area contributed by atoms with Gasteiger partial charge < -0.3 is 10.2 Å². The van der Waals surface area contributed by atoms with Crippen molar-refractivity contribution in [1.82, 2.24) is 4.90 Å². The highest BCUT2D eigenvalue weighted by molar-refractivity contribution is 5.72. The molecule has 0 aliphatic heterocycles. The molecule has 20 heavy (non-hydrogen) atoms. The number of hydrogen-bond donors (Lipinski definition) is 2. The molecule has 0 fully saturated rings. The molecule has 5 heteroatoms. The van der Waals surface area contributed by atoms with E-state index in [1.54, 1.807) is 0 Å². The van der Waals surface area contributed by atoms with Crippen LogP contribution in [0, 0.1) is 0 Å². The molecule has 0 aromatic rings. The van der Waals surface area contributed by atoms with E-state index in [0.29, 0.717) is 6.54 Å². The zero-order valence-electron chi connectivity index (χ0n) is 12.6. The summed E-state index contributed by atoms with van der Waals surface area (Å²) in [5, 5.41) is 17.4. The smallest absolute Gasteiger partial charge is 0.317 e. The molecule has 5 nitrogen and oxygen atoms in total. The van der Waals surface area contributed by atoms with Gasteiger partial charge in [0, 0.05) is 0 Å². The third-order valence-corrected chi connectivity index (χ3v) is 3.30. The summed E-state index contributed by atoms with van der Waals surface area (Å²) in [7, 11) is 0. The van der Waals surface area contributed by atoms with Crippen LogP contribution < -0.4 is 0 Å². The van der Waals surface area contributed by atoms with Crippen LogP contribution >= 0.6 is 0 Å². The van der Waals surface area contributed by atoms with Crippen LogP contribution in [0.3, 0.4) is 0 Å². The Hall–Kier alpha value is -1.10. The van der Waals surface area contributed by atoms with Crippen molar-refractivity contribution in [1.29, 1.82) is 0 Å². The molecule has 0 aromatic heterocycles. The van der Waals surface area contributed by atoms with E-state index < -0.39 is 11.9 Å². The molecule has 0 saturated carbocycles. The highest BCUT2D eigenvalue weighted by Crippen LogP contribution is 2.09. The average Bonchev–Trinajstić information content (AvgIpc) is 2.35. The summed E-state index contributed by atoms with van der Waals surface area (Å²) in [6.45, 7) is 2.38. The second-order valence-corrected chi connectivity index (χ2v) is 5.33. The van der Waals surface area contributed by atoms with Crippen molar-refractivity contribution in [2.75, 3.05) is 19.6 Å². The first-order chi connectivity index (χ1) is 9.56. The molecule has 0 heterocycles. The maximum absolute atomic E-state index is 10.6. The van der Waals surface area contributed by atoms with Gasteiger partial charge in [-0.1, -0.05) is 58.3 Å². The zero-order chi connectivity index (χ0) is 15.2. The molecular weight excluding hydrogens is 258 g/mol. The molecule has 0 radical (unpaired) electrons. The molecule has 0 rings (SSSR count). The number of unbranched alkanes of at least 4 members (excludes halogenated alkanes) is 8. The lowest BCUT2D eigenvalue weighted by Crippen LogP contribution is -2.35. The van der Waals surface area contributed by atoms with Crippen LogP contribution in [0.15, 0.2) is 0 Å². The van der Waals surface area contributed by atoms with Crippen molar-refractivity contribution >= 4 is 11.9 Å². The minimum absolute atomic E-state index is 0.191. The topological polar surface area (TPSA) is 77.8 Å². The maximum Gasteiger partial charge on any atom is 0.317 e. The predicted molar refractivity (Wildman–Crippen MR) is 78.9 cm³/mol. The van der Waals surface area contributed by atoms with Gasteiger partial charge in [-0.15, -0.1) is 0 Å². The minimum Gasteiger partial charge on any atom is -0.480 e. The van der Waals surface area contributed by atoms with E-state index in [-0.39, 0.29) is 13.1 Å². The largest absolute Gasteiger partial charge is 0.480 e. The Labute approximate surface area is 122 Å². The molecule has 0 amide bonds. The van der Waals surface area contributed by atoms with Crippen LogP contribution in [0.2, 0.25) is 0 Å². The first-order valence-corrected chi connectivity index (χ1v) is 7.72. The number of carbonyl (C=O) groups is 2. The summed E-state index contributed by atoms with van der Waals surface area (Å²) in [5.74, 6) is -1.94. The van der Waals surface area contributed by atoms with E-state index in [9.17, 15) is 9.59 Å². The molecule has 0 unspecified atom stereocenters. The van der Waals surface area contributed by atoms with E-state index in [4.69, 9.17) is 10.2 Å². The molecule has 0 bridgehead atoms. The SMILES string of the molecule is CCCCCCCCCCCN(CC(=O)O)CC(=O)O. The standard InChI is InChI=1S/C15H29NO4/c1-2-3-4-5-6-7-8-9-10-11-16(12-14(17)18)13-15(19)20/h2-13H2,1H3,(H,17,18)(H,19,20). The summed E-state index contributed by atoms with van der Waals surface area (Å²) in [6, 6.07) is 0. The van der Waals surface area contributed by atoms with Gasteiger partial charge in [0.25, 0.3) is 0 Å². The molecule has 0 spiro atoms. The molecule has 0 aliphatic carbocycles. The van der Waals surface area contributed by atoms with Gasteiger partial charge in [-0.3, -0.25) is 14.5 Å². The van der Waals surface area contributed by atoms with Crippen LogP contribution in [0.5, 0.6) is 0 Å². The fraction of sp³-hybridized carbons (Fsp3) is 0.867. The zero-order valence-corrected chi connectivity index (χ0v) is 12.6. The Kier molecular flexibility index (Phi) is 12.2. The Balaban J connectivity index is 3.53. The van der Waals surface area contributed by atoms with Gasteiger partial charge in [0.05, 0.1) is 13.1 Å². The third kappa shape index (κ3) is 13.3. The van der Waals surface area contributed by atoms with Gasteiger partial charge >= 0.3 is 11.9 Å². The lowest BCUT2D eigenvalue weighted by Gasteiger charge is -2.17. The number of hydrogen-bond acceptors (Lipinski definition) is 3. The Morgan fingerprint density at radius 2 is 1.15 bits per heavy atom. The molecule has 0 aromatic carbocycles. The first-order valence-electron chi connectivity index (χ1n) is 7.72. The summed E-state index contributed by atoms with van der Waals surface area (Å²) in [4.78, 5) is 22.7. The van der Waals surface area contributed by atoms with Crippen molar-refractivity contribution in [3.8, 4) is 0 Å². The molecule has 0 saturated heterocycles. The second kappa shape index (κ2) is 12.9. The van der Waals surface area contributed by atoms with Crippen molar-refractivity contribution in [2.24, 2.45) is 0 Å². The van der Waals surface area contributed by atoms with Gasteiger partial charge in [-0.25, -0.2) is 0 Å². The van der Waals surface area contributed by atoms with Crippen LogP contribution in [-0.4, -0.2) is 46.7 Å². The molecule has 0 aliphatic rings. The van der Waals surface area contributed by atoms with Crippen molar-refractivity contribution in [3.05, 3.63) is 0 Å². The normalized spacial score (nSPS) is 10.9. The second-order valence-electron chi connectivity index (χ2n) is 5.33. The van der Waals surface area contributed by atoms with E-state index in [1.807, 2.05) is 0 Å². The number of rotatable bonds is 14. The van der Waals surface area contributed by atoms with Crippen LogP contribution in [0.4, 0.5) is 0 Å². The van der Waals surface area contributed by atoms with E-state index >= 15 is 0 Å². The number of aliphatic carboxylic acids is 2.